The van der Waals surface area contributed by atoms with Crippen molar-refractivity contribution < 1.29 is 14.2 Å². The molecular weight excluding hydrogens is 286 g/mol. The summed E-state index contributed by atoms with van der Waals surface area (Å²) in [4.78, 5) is 12.9. The third kappa shape index (κ3) is 1.91. The van der Waals surface area contributed by atoms with E-state index < -0.39 is 5.79 Å². The van der Waals surface area contributed by atoms with Crippen LogP contribution in [0.15, 0.2) is 6.33 Å². The molecule has 2 N–H and O–H groups in total. The number of aryl methyl sites for hydroxylation is 1. The summed E-state index contributed by atoms with van der Waals surface area (Å²) >= 11 is 0. The molecule has 2 saturated heterocycles. The zero-order chi connectivity index (χ0) is 15.6. The van der Waals surface area contributed by atoms with Gasteiger partial charge in [-0.25, -0.2) is 15.0 Å². The highest BCUT2D eigenvalue weighted by molar-refractivity contribution is 5.81. The number of anilines is 1. The Hall–Kier alpha value is -1.77. The molecule has 8 nitrogen and oxygen atoms in total. The van der Waals surface area contributed by atoms with Crippen LogP contribution in [0.5, 0.6) is 0 Å². The third-order valence-electron chi connectivity index (χ3n) is 4.10. The number of rotatable bonds is 1. The van der Waals surface area contributed by atoms with Gasteiger partial charge in [0.05, 0.1) is 12.4 Å². The summed E-state index contributed by atoms with van der Waals surface area (Å²) < 4.78 is 19.8. The van der Waals surface area contributed by atoms with Gasteiger partial charge in [0.25, 0.3) is 0 Å². The lowest BCUT2D eigenvalue weighted by atomic mass is 10.1. The largest absolute Gasteiger partial charge is 0.382 e. The molecule has 4 atom stereocenters. The van der Waals surface area contributed by atoms with Gasteiger partial charge in [0.1, 0.15) is 23.5 Å². The number of ether oxygens (including phenoxy) is 3. The lowest BCUT2D eigenvalue weighted by Crippen LogP contribution is -2.27. The molecule has 0 aliphatic carbocycles. The summed E-state index contributed by atoms with van der Waals surface area (Å²) in [6.07, 6.45) is 0.926. The van der Waals surface area contributed by atoms with E-state index in [9.17, 15) is 0 Å². The van der Waals surface area contributed by atoms with E-state index in [1.807, 2.05) is 25.3 Å². The van der Waals surface area contributed by atoms with Crippen LogP contribution in [0.1, 0.15) is 32.8 Å². The van der Waals surface area contributed by atoms with Crippen molar-refractivity contribution in [1.29, 1.82) is 0 Å². The fourth-order valence-electron chi connectivity index (χ4n) is 3.24. The van der Waals surface area contributed by atoms with E-state index in [1.54, 1.807) is 13.3 Å². The van der Waals surface area contributed by atoms with Crippen molar-refractivity contribution in [2.45, 2.75) is 58.0 Å². The fraction of sp³-hybridized carbons (Fsp3) is 0.643. The Labute approximate surface area is 127 Å². The Balaban J connectivity index is 1.79. The lowest BCUT2D eigenvalue weighted by Gasteiger charge is -2.23. The van der Waals surface area contributed by atoms with Gasteiger partial charge in [-0.3, -0.25) is 4.57 Å². The summed E-state index contributed by atoms with van der Waals surface area (Å²) in [5, 5.41) is 0. The van der Waals surface area contributed by atoms with Crippen LogP contribution in [-0.2, 0) is 14.2 Å². The Bertz CT molecular complexity index is 743. The zero-order valence-electron chi connectivity index (χ0n) is 13.0. The fourth-order valence-corrected chi connectivity index (χ4v) is 3.24. The van der Waals surface area contributed by atoms with Crippen molar-refractivity contribution in [1.82, 2.24) is 19.5 Å². The maximum absolute atomic E-state index is 6.03. The molecule has 0 aromatic carbocycles. The van der Waals surface area contributed by atoms with Crippen molar-refractivity contribution in [3.8, 4) is 0 Å². The summed E-state index contributed by atoms with van der Waals surface area (Å²) in [7, 11) is 0. The van der Waals surface area contributed by atoms with Crippen LogP contribution in [0, 0.1) is 6.92 Å². The van der Waals surface area contributed by atoms with E-state index in [2.05, 4.69) is 15.0 Å². The van der Waals surface area contributed by atoms with Crippen molar-refractivity contribution in [2.75, 3.05) is 5.73 Å². The molecule has 2 aliphatic rings. The van der Waals surface area contributed by atoms with Crippen LogP contribution in [-0.4, -0.2) is 43.6 Å². The number of imidazole rings is 1. The number of hydrogen-bond donors (Lipinski definition) is 1. The first-order valence-electron chi connectivity index (χ1n) is 7.33. The Morgan fingerprint density at radius 2 is 1.95 bits per heavy atom. The molecule has 118 valence electrons. The van der Waals surface area contributed by atoms with E-state index in [-0.39, 0.29) is 24.5 Å². The number of fused-ring (bicyclic) bond motifs is 2. The second-order valence-corrected chi connectivity index (χ2v) is 6.28. The normalized spacial score (nSPS) is 33.5. The van der Waals surface area contributed by atoms with Crippen molar-refractivity contribution in [2.24, 2.45) is 0 Å². The van der Waals surface area contributed by atoms with Crippen molar-refractivity contribution >= 4 is 17.0 Å². The first kappa shape index (κ1) is 13.9. The molecule has 2 aliphatic heterocycles. The van der Waals surface area contributed by atoms with Gasteiger partial charge in [-0.15, -0.1) is 0 Å². The van der Waals surface area contributed by atoms with E-state index >= 15 is 0 Å². The predicted octanol–water partition coefficient (Wildman–Crippen LogP) is 1.15. The summed E-state index contributed by atoms with van der Waals surface area (Å²) in [6, 6.07) is 0. The highest BCUT2D eigenvalue weighted by atomic mass is 16.8. The molecule has 22 heavy (non-hydrogen) atoms. The average Bonchev–Trinajstić information content (AvgIpc) is 3.03. The topological polar surface area (TPSA) is 97.3 Å². The minimum absolute atomic E-state index is 0.0745. The highest BCUT2D eigenvalue weighted by Crippen LogP contribution is 2.43. The molecule has 0 spiro atoms. The number of nitrogen functional groups attached to an aromatic ring is 1. The Morgan fingerprint density at radius 1 is 1.23 bits per heavy atom. The van der Waals surface area contributed by atoms with Crippen LogP contribution >= 0.6 is 0 Å². The van der Waals surface area contributed by atoms with Gasteiger partial charge in [-0.1, -0.05) is 0 Å². The smallest absolute Gasteiger partial charge is 0.167 e. The number of nitrogens with two attached hydrogens (primary N) is 1. The molecule has 0 amide bonds. The summed E-state index contributed by atoms with van der Waals surface area (Å²) in [5.41, 5.74) is 7.14. The SMILES string of the molecule is Cc1nc(N)c2ncn([C@@H]3O[C@H](C)[C@H]4OC(C)(C)O[C@H]43)c2n1. The Morgan fingerprint density at radius 3 is 2.73 bits per heavy atom. The van der Waals surface area contributed by atoms with E-state index in [1.165, 1.54) is 0 Å². The van der Waals surface area contributed by atoms with Gasteiger partial charge in [0.2, 0.25) is 0 Å². The minimum Gasteiger partial charge on any atom is -0.382 e. The molecule has 0 unspecified atom stereocenters. The molecule has 0 saturated carbocycles. The maximum Gasteiger partial charge on any atom is 0.167 e. The number of nitrogens with zero attached hydrogens (tertiary/aromatic N) is 4. The third-order valence-corrected chi connectivity index (χ3v) is 4.10. The first-order valence-corrected chi connectivity index (χ1v) is 7.33. The molecule has 4 heterocycles. The second-order valence-electron chi connectivity index (χ2n) is 6.28. The van der Waals surface area contributed by atoms with Crippen LogP contribution in [0.25, 0.3) is 11.2 Å². The van der Waals surface area contributed by atoms with Crippen LogP contribution in [0.3, 0.4) is 0 Å². The monoisotopic (exact) mass is 305 g/mol. The van der Waals surface area contributed by atoms with Crippen LogP contribution in [0.4, 0.5) is 5.82 Å². The van der Waals surface area contributed by atoms with Gasteiger partial charge < -0.3 is 19.9 Å². The minimum atomic E-state index is -0.619. The molecule has 2 aromatic heterocycles. The van der Waals surface area contributed by atoms with Gasteiger partial charge in [-0.05, 0) is 27.7 Å². The lowest BCUT2D eigenvalue weighted by molar-refractivity contribution is -0.194. The zero-order valence-corrected chi connectivity index (χ0v) is 13.0. The van der Waals surface area contributed by atoms with Gasteiger partial charge >= 0.3 is 0 Å². The molecular formula is C14H19N5O3. The summed E-state index contributed by atoms with van der Waals surface area (Å²) in [5.74, 6) is 0.345. The molecule has 8 heteroatoms. The van der Waals surface area contributed by atoms with Gasteiger partial charge in [-0.2, -0.15) is 0 Å². The van der Waals surface area contributed by atoms with E-state index in [0.717, 1.165) is 0 Å². The van der Waals surface area contributed by atoms with Gasteiger partial charge in [0.15, 0.2) is 23.5 Å². The number of aromatic nitrogens is 4. The predicted molar refractivity (Wildman–Crippen MR) is 77.9 cm³/mol. The van der Waals surface area contributed by atoms with Crippen LogP contribution < -0.4 is 5.73 Å². The second kappa shape index (κ2) is 4.37. The van der Waals surface area contributed by atoms with E-state index in [0.29, 0.717) is 22.8 Å². The number of hydrogen-bond acceptors (Lipinski definition) is 7. The summed E-state index contributed by atoms with van der Waals surface area (Å²) in [6.45, 7) is 7.60. The molecule has 2 fully saturated rings. The van der Waals surface area contributed by atoms with Crippen LogP contribution in [0.2, 0.25) is 0 Å². The highest BCUT2D eigenvalue weighted by Gasteiger charge is 2.54. The quantitative estimate of drug-likeness (QED) is 0.844. The molecule has 0 bridgehead atoms. The van der Waals surface area contributed by atoms with E-state index in [4.69, 9.17) is 19.9 Å². The molecule has 0 radical (unpaired) electrons. The van der Waals surface area contributed by atoms with Crippen molar-refractivity contribution in [3.05, 3.63) is 12.2 Å². The molecule has 4 rings (SSSR count). The Kier molecular flexibility index (Phi) is 2.76. The first-order chi connectivity index (χ1) is 10.4. The average molecular weight is 305 g/mol. The standard InChI is InChI=1S/C14H19N5O3/c1-6-9-10(22-14(3,4)21-9)13(20-6)19-5-16-8-11(15)17-7(2)18-12(8)19/h5-6,9-10,13H,1-4H3,(H2,15,17,18)/t6-,9-,10-,13-/m1/s1. The van der Waals surface area contributed by atoms with Gasteiger partial charge in [0, 0.05) is 0 Å². The maximum atomic E-state index is 6.03. The van der Waals surface area contributed by atoms with Crippen molar-refractivity contribution in [3.63, 3.8) is 0 Å². The molecule has 2 aromatic rings.